The van der Waals surface area contributed by atoms with E-state index in [1.807, 2.05) is 89.8 Å². The van der Waals surface area contributed by atoms with E-state index in [1.54, 1.807) is 7.11 Å². The number of anilines is 1. The highest BCUT2D eigenvalue weighted by Crippen LogP contribution is 2.22. The number of ether oxygens (including phenoxy) is 1. The van der Waals surface area contributed by atoms with Crippen molar-refractivity contribution in [1.29, 1.82) is 0 Å². The minimum atomic E-state index is 0.0358. The molecule has 138 valence electrons. The Bertz CT molecular complexity index is 809. The average Bonchev–Trinajstić information content (AvgIpc) is 2.73. The van der Waals surface area contributed by atoms with Gasteiger partial charge < -0.3 is 15.0 Å². The molecule has 0 unspecified atom stereocenters. The number of benzene rings is 3. The number of amides is 1. The summed E-state index contributed by atoms with van der Waals surface area (Å²) in [5.74, 6) is 0.761. The summed E-state index contributed by atoms with van der Waals surface area (Å²) < 4.78 is 5.34. The summed E-state index contributed by atoms with van der Waals surface area (Å²) in [5.41, 5.74) is 3.03. The van der Waals surface area contributed by atoms with Gasteiger partial charge in [0.1, 0.15) is 5.75 Å². The number of nitrogens with zero attached hydrogens (tertiary/aromatic N) is 1. The fourth-order valence-electron chi connectivity index (χ4n) is 2.91. The third kappa shape index (κ3) is 5.35. The van der Waals surface area contributed by atoms with Gasteiger partial charge in [0.05, 0.1) is 19.3 Å². The van der Waals surface area contributed by atoms with Gasteiger partial charge in [0.25, 0.3) is 0 Å². The van der Waals surface area contributed by atoms with E-state index in [0.717, 1.165) is 22.6 Å². The number of rotatable bonds is 8. The first-order valence-electron chi connectivity index (χ1n) is 8.99. The molecule has 3 rings (SSSR count). The van der Waals surface area contributed by atoms with Crippen LogP contribution in [0.15, 0.2) is 84.9 Å². The highest BCUT2D eigenvalue weighted by Gasteiger charge is 2.15. The Balaban J connectivity index is 1.71. The molecule has 4 heteroatoms. The van der Waals surface area contributed by atoms with Crippen molar-refractivity contribution in [3.63, 3.8) is 0 Å². The summed E-state index contributed by atoms with van der Waals surface area (Å²) in [6.07, 6.45) is 0. The molecule has 0 aliphatic rings. The van der Waals surface area contributed by atoms with E-state index in [9.17, 15) is 4.79 Å². The van der Waals surface area contributed by atoms with Crippen LogP contribution in [0.3, 0.4) is 0 Å². The Morgan fingerprint density at radius 2 is 1.33 bits per heavy atom. The molecule has 0 saturated carbocycles. The molecule has 0 radical (unpaired) electrons. The van der Waals surface area contributed by atoms with Crippen molar-refractivity contribution in [2.75, 3.05) is 19.0 Å². The van der Waals surface area contributed by atoms with Crippen LogP contribution >= 0.6 is 0 Å². The van der Waals surface area contributed by atoms with Gasteiger partial charge in [-0.3, -0.25) is 4.79 Å². The quantitative estimate of drug-likeness (QED) is 0.650. The fourth-order valence-corrected chi connectivity index (χ4v) is 2.91. The smallest absolute Gasteiger partial charge is 0.242 e. The summed E-state index contributed by atoms with van der Waals surface area (Å²) in [5, 5.41) is 3.20. The lowest BCUT2D eigenvalue weighted by molar-refractivity contribution is -0.130. The van der Waals surface area contributed by atoms with Crippen LogP contribution in [0.5, 0.6) is 5.75 Å². The second kappa shape index (κ2) is 9.43. The highest BCUT2D eigenvalue weighted by molar-refractivity contribution is 5.81. The molecule has 0 heterocycles. The van der Waals surface area contributed by atoms with E-state index in [2.05, 4.69) is 5.32 Å². The second-order valence-electron chi connectivity index (χ2n) is 6.27. The molecule has 1 amide bonds. The van der Waals surface area contributed by atoms with Gasteiger partial charge in [-0.1, -0.05) is 72.8 Å². The first kappa shape index (κ1) is 18.5. The van der Waals surface area contributed by atoms with Gasteiger partial charge in [-0.15, -0.1) is 0 Å². The number of hydrogen-bond donors (Lipinski definition) is 1. The van der Waals surface area contributed by atoms with Crippen LogP contribution in [-0.2, 0) is 17.9 Å². The molecule has 1 N–H and O–H groups in total. The summed E-state index contributed by atoms with van der Waals surface area (Å²) >= 11 is 0. The zero-order valence-electron chi connectivity index (χ0n) is 15.5. The molecule has 0 aliphatic heterocycles. The molecule has 4 nitrogen and oxygen atoms in total. The van der Waals surface area contributed by atoms with E-state index < -0.39 is 0 Å². The van der Waals surface area contributed by atoms with Crippen LogP contribution in [0.1, 0.15) is 11.1 Å². The monoisotopic (exact) mass is 360 g/mol. The number of hydrogen-bond acceptors (Lipinski definition) is 3. The Hall–Kier alpha value is -3.27. The Labute approximate surface area is 160 Å². The maximum absolute atomic E-state index is 12.9. The highest BCUT2D eigenvalue weighted by atomic mass is 16.5. The lowest BCUT2D eigenvalue weighted by atomic mass is 10.1. The van der Waals surface area contributed by atoms with E-state index in [-0.39, 0.29) is 12.5 Å². The third-order valence-corrected chi connectivity index (χ3v) is 4.32. The van der Waals surface area contributed by atoms with Crippen LogP contribution in [0.25, 0.3) is 0 Å². The normalized spacial score (nSPS) is 10.3. The Morgan fingerprint density at radius 3 is 1.89 bits per heavy atom. The summed E-state index contributed by atoms with van der Waals surface area (Å²) in [6, 6.07) is 27.7. The number of carbonyl (C=O) groups excluding carboxylic acids is 1. The van der Waals surface area contributed by atoms with E-state index in [1.165, 1.54) is 0 Å². The molecular formula is C23H24N2O2. The Morgan fingerprint density at radius 1 is 0.815 bits per heavy atom. The van der Waals surface area contributed by atoms with Gasteiger partial charge >= 0.3 is 0 Å². The molecule has 0 atom stereocenters. The first-order chi connectivity index (χ1) is 13.3. The zero-order chi connectivity index (χ0) is 18.9. The van der Waals surface area contributed by atoms with Crippen LogP contribution in [0.4, 0.5) is 5.69 Å². The van der Waals surface area contributed by atoms with E-state index in [4.69, 9.17) is 4.74 Å². The molecule has 0 bridgehead atoms. The van der Waals surface area contributed by atoms with Crippen LogP contribution in [0, 0.1) is 0 Å². The molecule has 0 aromatic heterocycles. The molecule has 3 aromatic rings. The summed E-state index contributed by atoms with van der Waals surface area (Å²) in [7, 11) is 1.62. The Kier molecular flexibility index (Phi) is 6.47. The fraction of sp³-hybridized carbons (Fsp3) is 0.174. The van der Waals surface area contributed by atoms with Crippen molar-refractivity contribution in [1.82, 2.24) is 4.90 Å². The molecule has 3 aromatic carbocycles. The number of carbonyl (C=O) groups is 1. The van der Waals surface area contributed by atoms with Gasteiger partial charge in [-0.2, -0.15) is 0 Å². The van der Waals surface area contributed by atoms with Crippen LogP contribution < -0.4 is 10.1 Å². The van der Waals surface area contributed by atoms with Gasteiger partial charge in [0.2, 0.25) is 5.91 Å². The predicted molar refractivity (Wildman–Crippen MR) is 109 cm³/mol. The van der Waals surface area contributed by atoms with Crippen molar-refractivity contribution < 1.29 is 9.53 Å². The molecule has 0 spiro atoms. The minimum absolute atomic E-state index is 0.0358. The van der Waals surface area contributed by atoms with Crippen molar-refractivity contribution in [3.8, 4) is 5.75 Å². The van der Waals surface area contributed by atoms with Gasteiger partial charge in [0.15, 0.2) is 0 Å². The van der Waals surface area contributed by atoms with E-state index >= 15 is 0 Å². The SMILES string of the molecule is COc1ccccc1NCC(=O)N(Cc1ccccc1)Cc1ccccc1. The minimum Gasteiger partial charge on any atom is -0.495 e. The van der Waals surface area contributed by atoms with Crippen LogP contribution in [-0.4, -0.2) is 24.5 Å². The van der Waals surface area contributed by atoms with Gasteiger partial charge in [-0.05, 0) is 23.3 Å². The van der Waals surface area contributed by atoms with Gasteiger partial charge in [0, 0.05) is 13.1 Å². The molecule has 0 saturated heterocycles. The number of methoxy groups -OCH3 is 1. The van der Waals surface area contributed by atoms with Gasteiger partial charge in [-0.25, -0.2) is 0 Å². The maximum atomic E-state index is 12.9. The largest absolute Gasteiger partial charge is 0.495 e. The van der Waals surface area contributed by atoms with E-state index in [0.29, 0.717) is 13.1 Å². The van der Waals surface area contributed by atoms with Crippen molar-refractivity contribution >= 4 is 11.6 Å². The number of nitrogens with one attached hydrogen (secondary N) is 1. The molecule has 0 fully saturated rings. The lowest BCUT2D eigenvalue weighted by Crippen LogP contribution is -2.34. The predicted octanol–water partition coefficient (Wildman–Crippen LogP) is 4.34. The molecular weight excluding hydrogens is 336 g/mol. The number of para-hydroxylation sites is 2. The summed E-state index contributed by atoms with van der Waals surface area (Å²) in [4.78, 5) is 14.8. The molecule has 0 aliphatic carbocycles. The first-order valence-corrected chi connectivity index (χ1v) is 8.99. The maximum Gasteiger partial charge on any atom is 0.242 e. The van der Waals surface area contributed by atoms with Crippen molar-refractivity contribution in [2.24, 2.45) is 0 Å². The zero-order valence-corrected chi connectivity index (χ0v) is 15.5. The second-order valence-corrected chi connectivity index (χ2v) is 6.27. The molecule has 27 heavy (non-hydrogen) atoms. The standard InChI is InChI=1S/C23H24N2O2/c1-27-22-15-9-8-14-21(22)24-16-23(26)25(17-19-10-4-2-5-11-19)18-20-12-6-3-7-13-20/h2-15,24H,16-18H2,1H3. The third-order valence-electron chi connectivity index (χ3n) is 4.32. The topological polar surface area (TPSA) is 41.6 Å². The van der Waals surface area contributed by atoms with Crippen LogP contribution in [0.2, 0.25) is 0 Å². The van der Waals surface area contributed by atoms with Crippen molar-refractivity contribution in [3.05, 3.63) is 96.1 Å². The average molecular weight is 360 g/mol. The lowest BCUT2D eigenvalue weighted by Gasteiger charge is -2.24. The summed E-state index contributed by atoms with van der Waals surface area (Å²) in [6.45, 7) is 1.35. The van der Waals surface area contributed by atoms with Crippen molar-refractivity contribution in [2.45, 2.75) is 13.1 Å².